The number of anilines is 1. The zero-order valence-corrected chi connectivity index (χ0v) is 18.6. The monoisotopic (exact) mass is 528 g/mol. The van der Waals surface area contributed by atoms with E-state index in [0.717, 1.165) is 6.07 Å². The summed E-state index contributed by atoms with van der Waals surface area (Å²) in [6, 6.07) is 15.2. The quantitative estimate of drug-likeness (QED) is 0.124. The number of para-hydroxylation sites is 1. The van der Waals surface area contributed by atoms with Gasteiger partial charge in [-0.1, -0.05) is 40.2 Å². The van der Waals surface area contributed by atoms with E-state index in [2.05, 4.69) is 26.3 Å². The highest BCUT2D eigenvalue weighted by Crippen LogP contribution is 2.21. The fraction of sp³-hybridized carbons (Fsp3) is 0. The molecule has 0 radical (unpaired) electrons. The predicted molar refractivity (Wildman–Crippen MR) is 123 cm³/mol. The molecule has 0 saturated carbocycles. The van der Waals surface area contributed by atoms with E-state index < -0.39 is 34.2 Å². The van der Waals surface area contributed by atoms with Crippen molar-refractivity contribution in [3.63, 3.8) is 0 Å². The van der Waals surface area contributed by atoms with E-state index >= 15 is 0 Å². The van der Waals surface area contributed by atoms with Gasteiger partial charge in [-0.2, -0.15) is 5.10 Å². The van der Waals surface area contributed by atoms with Crippen LogP contribution in [0.1, 0.15) is 15.9 Å². The molecule has 12 heteroatoms. The Labute approximate surface area is 199 Å². The van der Waals surface area contributed by atoms with Gasteiger partial charge in [0.2, 0.25) is 0 Å². The molecule has 2 N–H and O–H groups in total. The maximum atomic E-state index is 13.8. The highest BCUT2D eigenvalue weighted by atomic mass is 79.9. The number of halogens is 2. The number of esters is 1. The van der Waals surface area contributed by atoms with Gasteiger partial charge in [-0.25, -0.2) is 14.6 Å². The summed E-state index contributed by atoms with van der Waals surface area (Å²) in [5.74, 6) is -3.86. The van der Waals surface area contributed by atoms with Crippen molar-refractivity contribution in [1.82, 2.24) is 5.43 Å². The van der Waals surface area contributed by atoms with Crippen molar-refractivity contribution < 1.29 is 28.4 Å². The average molecular weight is 529 g/mol. The minimum atomic E-state index is -1.14. The molecule has 0 unspecified atom stereocenters. The van der Waals surface area contributed by atoms with E-state index in [9.17, 15) is 28.9 Å². The first-order valence-corrected chi connectivity index (χ1v) is 10.2. The molecule has 3 aromatic rings. The molecule has 0 aliphatic carbocycles. The first kappa shape index (κ1) is 24.2. The van der Waals surface area contributed by atoms with E-state index in [0.29, 0.717) is 10.0 Å². The SMILES string of the molecule is O=C(NN=Cc1cccc(OC(=O)c2ccccc2[N+](=O)[O-])c1)C(=O)Nc1ccc(Br)cc1F. The minimum Gasteiger partial charge on any atom is -0.423 e. The van der Waals surface area contributed by atoms with Crippen LogP contribution in [-0.2, 0) is 9.59 Å². The maximum Gasteiger partial charge on any atom is 0.350 e. The molecule has 34 heavy (non-hydrogen) atoms. The van der Waals surface area contributed by atoms with Crippen LogP contribution in [0.15, 0.2) is 76.3 Å². The van der Waals surface area contributed by atoms with E-state index in [1.54, 1.807) is 6.07 Å². The summed E-state index contributed by atoms with van der Waals surface area (Å²) >= 11 is 3.08. The van der Waals surface area contributed by atoms with Gasteiger partial charge in [-0.05, 0) is 42.0 Å². The highest BCUT2D eigenvalue weighted by molar-refractivity contribution is 9.10. The van der Waals surface area contributed by atoms with Gasteiger partial charge in [0.25, 0.3) is 5.69 Å². The lowest BCUT2D eigenvalue weighted by Crippen LogP contribution is -2.32. The zero-order chi connectivity index (χ0) is 24.7. The molecule has 0 bridgehead atoms. The molecular formula is C22H14BrFN4O6. The Morgan fingerprint density at radius 3 is 2.53 bits per heavy atom. The van der Waals surface area contributed by atoms with Crippen LogP contribution in [-0.4, -0.2) is 28.9 Å². The molecule has 0 saturated heterocycles. The summed E-state index contributed by atoms with van der Waals surface area (Å²) in [6.45, 7) is 0. The van der Waals surface area contributed by atoms with E-state index in [4.69, 9.17) is 4.74 Å². The number of hydrogen-bond donors (Lipinski definition) is 2. The number of hydrogen-bond acceptors (Lipinski definition) is 7. The Kier molecular flexibility index (Phi) is 7.77. The van der Waals surface area contributed by atoms with E-state index in [1.807, 2.05) is 5.43 Å². The molecule has 0 atom stereocenters. The molecule has 10 nitrogen and oxygen atoms in total. The van der Waals surface area contributed by atoms with Gasteiger partial charge >= 0.3 is 17.8 Å². The van der Waals surface area contributed by atoms with Crippen molar-refractivity contribution >= 4 is 51.3 Å². The molecule has 0 aliphatic heterocycles. The molecule has 0 fully saturated rings. The highest BCUT2D eigenvalue weighted by Gasteiger charge is 2.21. The number of carbonyl (C=O) groups is 3. The lowest BCUT2D eigenvalue weighted by atomic mass is 10.2. The standard InChI is InChI=1S/C22H14BrFN4O6/c23-14-8-9-18(17(24)11-14)26-20(29)21(30)27-25-12-13-4-3-5-15(10-13)34-22(31)16-6-1-2-7-19(16)28(32)33/h1-12H,(H,26,29)(H,27,30). The number of hydrazone groups is 1. The van der Waals surface area contributed by atoms with Crippen LogP contribution in [0.4, 0.5) is 15.8 Å². The summed E-state index contributed by atoms with van der Waals surface area (Å²) in [7, 11) is 0. The molecule has 0 aromatic heterocycles. The van der Waals surface area contributed by atoms with Crippen LogP contribution in [0.3, 0.4) is 0 Å². The fourth-order valence-electron chi connectivity index (χ4n) is 2.61. The first-order valence-electron chi connectivity index (χ1n) is 9.39. The van der Waals surface area contributed by atoms with Gasteiger partial charge in [-0.15, -0.1) is 0 Å². The molecule has 3 rings (SSSR count). The molecule has 172 valence electrons. The third-order valence-electron chi connectivity index (χ3n) is 4.15. The average Bonchev–Trinajstić information content (AvgIpc) is 2.81. The van der Waals surface area contributed by atoms with Crippen molar-refractivity contribution in [3.8, 4) is 5.75 Å². The zero-order valence-electron chi connectivity index (χ0n) is 17.0. The molecule has 3 aromatic carbocycles. The number of nitro groups is 1. The number of nitrogens with one attached hydrogen (secondary N) is 2. The number of rotatable bonds is 6. The summed E-state index contributed by atoms with van der Waals surface area (Å²) in [4.78, 5) is 46.5. The second-order valence-electron chi connectivity index (χ2n) is 6.51. The second kappa shape index (κ2) is 10.9. The number of carbonyl (C=O) groups excluding carboxylic acids is 3. The van der Waals surface area contributed by atoms with Gasteiger partial charge < -0.3 is 10.1 Å². The Hall–Kier alpha value is -4.45. The number of nitrogens with zero attached hydrogens (tertiary/aromatic N) is 2. The van der Waals surface area contributed by atoms with Crippen LogP contribution in [0, 0.1) is 15.9 Å². The molecule has 0 spiro atoms. The Balaban J connectivity index is 1.61. The number of ether oxygens (including phenoxy) is 1. The van der Waals surface area contributed by atoms with Gasteiger partial charge in [-0.3, -0.25) is 19.7 Å². The predicted octanol–water partition coefficient (Wildman–Crippen LogP) is 3.80. The third kappa shape index (κ3) is 6.29. The Bertz CT molecular complexity index is 1310. The molecule has 2 amide bonds. The fourth-order valence-corrected chi connectivity index (χ4v) is 2.95. The lowest BCUT2D eigenvalue weighted by molar-refractivity contribution is -0.385. The van der Waals surface area contributed by atoms with Crippen LogP contribution in [0.25, 0.3) is 0 Å². The van der Waals surface area contributed by atoms with Crippen LogP contribution < -0.4 is 15.5 Å². The van der Waals surface area contributed by atoms with Crippen LogP contribution >= 0.6 is 15.9 Å². The van der Waals surface area contributed by atoms with Gasteiger partial charge in [0.15, 0.2) is 0 Å². The van der Waals surface area contributed by atoms with Crippen molar-refractivity contribution in [1.29, 1.82) is 0 Å². The van der Waals surface area contributed by atoms with Gasteiger partial charge in [0.1, 0.15) is 17.1 Å². The van der Waals surface area contributed by atoms with E-state index in [1.165, 1.54) is 60.8 Å². The first-order chi connectivity index (χ1) is 16.2. The lowest BCUT2D eigenvalue weighted by Gasteiger charge is -2.06. The summed E-state index contributed by atoms with van der Waals surface area (Å²) in [5.41, 5.74) is 1.58. The molecular weight excluding hydrogens is 515 g/mol. The Morgan fingerprint density at radius 2 is 1.79 bits per heavy atom. The van der Waals surface area contributed by atoms with E-state index in [-0.39, 0.29) is 17.0 Å². The Morgan fingerprint density at radius 1 is 1.03 bits per heavy atom. The molecule has 0 heterocycles. The van der Waals surface area contributed by atoms with Gasteiger partial charge in [0.05, 0.1) is 16.8 Å². The second-order valence-corrected chi connectivity index (χ2v) is 7.43. The molecule has 0 aliphatic rings. The number of amides is 2. The smallest absolute Gasteiger partial charge is 0.350 e. The normalized spacial score (nSPS) is 10.5. The summed E-state index contributed by atoms with van der Waals surface area (Å²) in [5, 5.41) is 16.8. The van der Waals surface area contributed by atoms with Crippen molar-refractivity contribution in [3.05, 3.63) is 98.3 Å². The third-order valence-corrected chi connectivity index (χ3v) is 4.65. The van der Waals surface area contributed by atoms with Crippen molar-refractivity contribution in [2.24, 2.45) is 5.10 Å². The number of nitro benzene ring substituents is 1. The summed E-state index contributed by atoms with van der Waals surface area (Å²) < 4.78 is 19.4. The summed E-state index contributed by atoms with van der Waals surface area (Å²) in [6.07, 6.45) is 1.17. The number of benzene rings is 3. The van der Waals surface area contributed by atoms with Crippen LogP contribution in [0.2, 0.25) is 0 Å². The largest absolute Gasteiger partial charge is 0.423 e. The minimum absolute atomic E-state index is 0.0712. The van der Waals surface area contributed by atoms with Gasteiger partial charge in [0, 0.05) is 10.5 Å². The maximum absolute atomic E-state index is 13.8. The van der Waals surface area contributed by atoms with Crippen molar-refractivity contribution in [2.75, 3.05) is 5.32 Å². The topological polar surface area (TPSA) is 140 Å². The van der Waals surface area contributed by atoms with Crippen LogP contribution in [0.5, 0.6) is 5.75 Å². The van der Waals surface area contributed by atoms with Crippen molar-refractivity contribution in [2.45, 2.75) is 0 Å².